The predicted molar refractivity (Wildman–Crippen MR) is 76.9 cm³/mol. The van der Waals surface area contributed by atoms with Crippen molar-refractivity contribution in [2.75, 3.05) is 0 Å². The molecule has 0 amide bonds. The summed E-state index contributed by atoms with van der Waals surface area (Å²) in [5, 5.41) is 13.1. The maximum Gasteiger partial charge on any atom is 0.207 e. The molecule has 0 fully saturated rings. The van der Waals surface area contributed by atoms with E-state index in [0.717, 1.165) is 12.8 Å². The van der Waals surface area contributed by atoms with E-state index in [4.69, 9.17) is 4.74 Å². The highest BCUT2D eigenvalue weighted by Gasteiger charge is 2.44. The quantitative estimate of drug-likeness (QED) is 0.568. The molecule has 0 N–H and O–H groups in total. The van der Waals surface area contributed by atoms with Crippen LogP contribution in [0.4, 0.5) is 0 Å². The molecule has 0 saturated carbocycles. The second-order valence-electron chi connectivity index (χ2n) is 6.60. The molecule has 2 nitrogen and oxygen atoms in total. The van der Waals surface area contributed by atoms with Crippen LogP contribution >= 0.6 is 0 Å². The van der Waals surface area contributed by atoms with E-state index >= 15 is 0 Å². The fourth-order valence-electron chi connectivity index (χ4n) is 2.28. The van der Waals surface area contributed by atoms with Gasteiger partial charge in [-0.2, -0.15) is 5.11 Å². The highest BCUT2D eigenvalue weighted by atomic mass is 16.6. The first-order valence-electron chi connectivity index (χ1n) is 7.54. The smallest absolute Gasteiger partial charge is 0.207 e. The molecule has 3 unspecified atom stereocenters. The Balaban J connectivity index is 4.99. The summed E-state index contributed by atoms with van der Waals surface area (Å²) in [6, 6.07) is 0. The monoisotopic (exact) mass is 257 g/mol. The van der Waals surface area contributed by atoms with Crippen LogP contribution in [0.2, 0.25) is 0 Å². The predicted octanol–water partition coefficient (Wildman–Crippen LogP) is 4.90. The number of hydrogen-bond donors (Lipinski definition) is 0. The van der Waals surface area contributed by atoms with Crippen molar-refractivity contribution in [2.45, 2.75) is 80.1 Å². The molecule has 0 aliphatic heterocycles. The third-order valence-corrected chi connectivity index (χ3v) is 4.09. The molecule has 2 heteroatoms. The molecule has 0 spiro atoms. The molecule has 3 atom stereocenters. The van der Waals surface area contributed by atoms with Crippen molar-refractivity contribution in [3.8, 4) is 0 Å². The van der Waals surface area contributed by atoms with Crippen LogP contribution < -0.4 is 0 Å². The molecule has 0 aromatic rings. The Bertz CT molecular complexity index is 223. The summed E-state index contributed by atoms with van der Waals surface area (Å²) in [6.45, 7) is 16.6. The van der Waals surface area contributed by atoms with Crippen LogP contribution in [0.3, 0.4) is 0 Å². The molecule has 0 aliphatic carbocycles. The van der Waals surface area contributed by atoms with Crippen LogP contribution in [0.25, 0.3) is 0 Å². The summed E-state index contributed by atoms with van der Waals surface area (Å²) < 4.78 is 6.07. The Hall–Kier alpha value is -0.0800. The number of rotatable bonds is 8. The minimum Gasteiger partial charge on any atom is -0.343 e. The molecule has 0 heterocycles. The van der Waals surface area contributed by atoms with Gasteiger partial charge in [-0.25, -0.2) is 0 Å². The lowest BCUT2D eigenvalue weighted by molar-refractivity contribution is -0.323. The summed E-state index contributed by atoms with van der Waals surface area (Å²) in [4.78, 5) is 0. The molecule has 0 bridgehead atoms. The van der Waals surface area contributed by atoms with E-state index < -0.39 is 5.79 Å². The van der Waals surface area contributed by atoms with Gasteiger partial charge < -0.3 is 4.74 Å². The van der Waals surface area contributed by atoms with Gasteiger partial charge >= 0.3 is 0 Å². The van der Waals surface area contributed by atoms with E-state index in [1.165, 1.54) is 0 Å². The summed E-state index contributed by atoms with van der Waals surface area (Å²) in [6.07, 6.45) is 2.11. The summed E-state index contributed by atoms with van der Waals surface area (Å²) in [5.74, 6) is -0.502. The summed E-state index contributed by atoms with van der Waals surface area (Å²) >= 11 is 0. The third-order valence-electron chi connectivity index (χ3n) is 4.09. The van der Waals surface area contributed by atoms with Crippen molar-refractivity contribution in [1.82, 2.24) is 0 Å². The first-order valence-corrected chi connectivity index (χ1v) is 7.54. The topological polar surface area (TPSA) is 29.1 Å². The van der Waals surface area contributed by atoms with E-state index in [1.807, 2.05) is 20.8 Å². The Labute approximate surface area is 114 Å². The first-order chi connectivity index (χ1) is 8.16. The van der Waals surface area contributed by atoms with Crippen LogP contribution in [0.5, 0.6) is 0 Å². The van der Waals surface area contributed by atoms with Crippen molar-refractivity contribution in [1.29, 1.82) is 0 Å². The van der Waals surface area contributed by atoms with Gasteiger partial charge in [-0.1, -0.05) is 61.8 Å². The van der Waals surface area contributed by atoms with Gasteiger partial charge in [0.1, 0.15) is 0 Å². The van der Waals surface area contributed by atoms with Crippen molar-refractivity contribution < 1.29 is 9.84 Å². The van der Waals surface area contributed by atoms with E-state index in [1.54, 1.807) is 0 Å². The zero-order valence-electron chi connectivity index (χ0n) is 13.6. The van der Waals surface area contributed by atoms with Crippen LogP contribution in [0.15, 0.2) is 0 Å². The Kier molecular flexibility index (Phi) is 7.46. The normalized spacial score (nSPS) is 19.3. The average molecular weight is 257 g/mol. The molecule has 1 radical (unpaired) electrons. The van der Waals surface area contributed by atoms with Gasteiger partial charge in [-0.15, -0.1) is 0 Å². The van der Waals surface area contributed by atoms with E-state index in [9.17, 15) is 5.11 Å². The van der Waals surface area contributed by atoms with Crippen molar-refractivity contribution in [3.05, 3.63) is 0 Å². The largest absolute Gasteiger partial charge is 0.343 e. The highest BCUT2D eigenvalue weighted by molar-refractivity contribution is 4.82. The zero-order chi connectivity index (χ0) is 14.5. The Morgan fingerprint density at radius 3 is 1.72 bits per heavy atom. The molecule has 109 valence electrons. The Morgan fingerprint density at radius 2 is 1.44 bits per heavy atom. The van der Waals surface area contributed by atoms with Crippen LogP contribution in [-0.2, 0) is 9.84 Å². The standard InChI is InChI=1S/C16H33O2/c1-9-10-15(12(4)5)18-16(17,13(6)7)14(8)11(2)3/h11-15H,9-10H2,1-8H3. The van der Waals surface area contributed by atoms with Crippen LogP contribution in [0, 0.1) is 23.7 Å². The van der Waals surface area contributed by atoms with Gasteiger partial charge in [0.15, 0.2) is 0 Å². The summed E-state index contributed by atoms with van der Waals surface area (Å²) in [7, 11) is 0. The maximum atomic E-state index is 13.1. The molecule has 0 aromatic heterocycles. The fraction of sp³-hybridized carbons (Fsp3) is 1.00. The van der Waals surface area contributed by atoms with Gasteiger partial charge in [0.05, 0.1) is 6.10 Å². The Morgan fingerprint density at radius 1 is 0.944 bits per heavy atom. The maximum absolute atomic E-state index is 13.1. The van der Waals surface area contributed by atoms with E-state index in [2.05, 4.69) is 34.6 Å². The van der Waals surface area contributed by atoms with Crippen molar-refractivity contribution >= 4 is 0 Å². The van der Waals surface area contributed by atoms with Crippen molar-refractivity contribution in [2.24, 2.45) is 23.7 Å². The molecule has 18 heavy (non-hydrogen) atoms. The lowest BCUT2D eigenvalue weighted by Gasteiger charge is -2.41. The van der Waals surface area contributed by atoms with Gasteiger partial charge in [-0.05, 0) is 18.3 Å². The fourth-order valence-corrected chi connectivity index (χ4v) is 2.28. The number of hydrogen-bond acceptors (Lipinski definition) is 1. The minimum absolute atomic E-state index is 0.00648. The molecule has 0 saturated heterocycles. The molecule has 0 rings (SSSR count). The van der Waals surface area contributed by atoms with Gasteiger partial charge in [-0.3, -0.25) is 0 Å². The van der Waals surface area contributed by atoms with Gasteiger partial charge in [0.25, 0.3) is 0 Å². The lowest BCUT2D eigenvalue weighted by atomic mass is 9.82. The van der Waals surface area contributed by atoms with E-state index in [0.29, 0.717) is 11.8 Å². The van der Waals surface area contributed by atoms with Crippen LogP contribution in [0.1, 0.15) is 68.2 Å². The van der Waals surface area contributed by atoms with Crippen LogP contribution in [-0.4, -0.2) is 11.9 Å². The SMILES string of the molecule is CCCC(OC([O])(C(C)C)C(C)C(C)C)C(C)C. The molecular weight excluding hydrogens is 224 g/mol. The molecular formula is C16H33O2. The van der Waals surface area contributed by atoms with Gasteiger partial charge in [0, 0.05) is 11.8 Å². The average Bonchev–Trinajstić information content (AvgIpc) is 2.26. The molecule has 0 aliphatic rings. The molecule has 0 aromatic carbocycles. The van der Waals surface area contributed by atoms with Gasteiger partial charge in [0.2, 0.25) is 5.79 Å². The zero-order valence-corrected chi connectivity index (χ0v) is 13.6. The minimum atomic E-state index is -1.27. The lowest BCUT2D eigenvalue weighted by Crippen LogP contribution is -2.48. The number of ether oxygens (including phenoxy) is 1. The second-order valence-corrected chi connectivity index (χ2v) is 6.60. The van der Waals surface area contributed by atoms with E-state index in [-0.39, 0.29) is 17.9 Å². The summed E-state index contributed by atoms with van der Waals surface area (Å²) in [5.41, 5.74) is 0. The first kappa shape index (κ1) is 17.9. The highest BCUT2D eigenvalue weighted by Crippen LogP contribution is 2.36. The second kappa shape index (κ2) is 7.49. The third kappa shape index (κ3) is 4.55. The van der Waals surface area contributed by atoms with Crippen molar-refractivity contribution in [3.63, 3.8) is 0 Å².